The average molecular weight is 315 g/mol. The molecule has 0 radical (unpaired) electrons. The quantitative estimate of drug-likeness (QED) is 0.452. The van der Waals surface area contributed by atoms with Crippen LogP contribution < -0.4 is 10.6 Å². The summed E-state index contributed by atoms with van der Waals surface area (Å²) in [6.07, 6.45) is 2.51. The van der Waals surface area contributed by atoms with Crippen molar-refractivity contribution in [2.24, 2.45) is 5.16 Å². The van der Waals surface area contributed by atoms with Crippen LogP contribution in [-0.2, 0) is 19.2 Å². The van der Waals surface area contributed by atoms with Crippen LogP contribution >= 0.6 is 0 Å². The molecule has 0 spiro atoms. The molecule has 0 aromatic carbocycles. The Morgan fingerprint density at radius 3 is 2.68 bits per heavy atom. The smallest absolute Gasteiger partial charge is 0.360 e. The Morgan fingerprint density at radius 1 is 1.36 bits per heavy atom. The minimum atomic E-state index is -3.18. The summed E-state index contributed by atoms with van der Waals surface area (Å²) in [6, 6.07) is -0.962. The van der Waals surface area contributed by atoms with Crippen molar-refractivity contribution in [2.45, 2.75) is 50.9 Å². The summed E-state index contributed by atoms with van der Waals surface area (Å²) in [5.74, 6) is -2.86. The van der Waals surface area contributed by atoms with Gasteiger partial charge in [0.05, 0.1) is 12.3 Å². The Labute approximate surface area is 126 Å². The second kappa shape index (κ2) is 6.71. The minimum Gasteiger partial charge on any atom is -0.463 e. The first-order chi connectivity index (χ1) is 10.5. The second-order valence-corrected chi connectivity index (χ2v) is 5.06. The lowest BCUT2D eigenvalue weighted by atomic mass is 9.99. The number of oxime groups is 1. The molecule has 1 saturated carbocycles. The number of carbonyl (C=O) groups excluding carboxylic acids is 3. The lowest BCUT2D eigenvalue weighted by Gasteiger charge is -2.32. The van der Waals surface area contributed by atoms with Crippen molar-refractivity contribution < 1.29 is 28.3 Å². The number of rotatable bonds is 4. The van der Waals surface area contributed by atoms with Gasteiger partial charge in [-0.15, -0.1) is 0 Å². The molecule has 2 atom stereocenters. The van der Waals surface area contributed by atoms with E-state index in [0.29, 0.717) is 18.6 Å². The van der Waals surface area contributed by atoms with E-state index in [1.807, 2.05) is 5.32 Å². The van der Waals surface area contributed by atoms with Crippen LogP contribution in [0.15, 0.2) is 5.16 Å². The Morgan fingerprint density at radius 2 is 2.05 bits per heavy atom. The third-order valence-corrected chi connectivity index (χ3v) is 3.47. The van der Waals surface area contributed by atoms with E-state index in [1.165, 1.54) is 6.92 Å². The van der Waals surface area contributed by atoms with E-state index in [4.69, 9.17) is 4.84 Å². The van der Waals surface area contributed by atoms with Gasteiger partial charge in [-0.25, -0.2) is 14.0 Å². The standard InChI is InChI=1S/C13H18FN3O5/c1-2-21-11(19)13(14)9(18)15-12(20)16-10(13)22-17-8-6-4-3-5-7-8/h10H,2-7H2,1H3,(H2,15,16,18,20). The molecule has 1 saturated heterocycles. The van der Waals surface area contributed by atoms with Gasteiger partial charge in [0.2, 0.25) is 0 Å². The van der Waals surface area contributed by atoms with E-state index in [9.17, 15) is 18.8 Å². The zero-order chi connectivity index (χ0) is 16.2. The number of imide groups is 1. The van der Waals surface area contributed by atoms with E-state index in [-0.39, 0.29) is 6.61 Å². The van der Waals surface area contributed by atoms with Gasteiger partial charge < -0.3 is 9.57 Å². The Kier molecular flexibility index (Phi) is 4.94. The number of hydrogen-bond donors (Lipinski definition) is 2. The lowest BCUT2D eigenvalue weighted by Crippen LogP contribution is -2.70. The summed E-state index contributed by atoms with van der Waals surface area (Å²) in [6.45, 7) is 1.35. The molecule has 2 N–H and O–H groups in total. The first-order valence-corrected chi connectivity index (χ1v) is 7.18. The molecule has 9 heteroatoms. The van der Waals surface area contributed by atoms with Crippen molar-refractivity contribution in [2.75, 3.05) is 6.61 Å². The summed E-state index contributed by atoms with van der Waals surface area (Å²) < 4.78 is 19.4. The van der Waals surface area contributed by atoms with Crippen LogP contribution in [0.2, 0.25) is 0 Å². The number of nitrogens with zero attached hydrogens (tertiary/aromatic N) is 1. The van der Waals surface area contributed by atoms with Gasteiger partial charge in [-0.1, -0.05) is 11.6 Å². The van der Waals surface area contributed by atoms with E-state index in [2.05, 4.69) is 9.89 Å². The number of urea groups is 1. The fraction of sp³-hybridized carbons (Fsp3) is 0.692. The van der Waals surface area contributed by atoms with Gasteiger partial charge in [-0.05, 0) is 32.6 Å². The van der Waals surface area contributed by atoms with E-state index < -0.39 is 29.8 Å². The second-order valence-electron chi connectivity index (χ2n) is 5.06. The van der Waals surface area contributed by atoms with E-state index in [0.717, 1.165) is 19.3 Å². The summed E-state index contributed by atoms with van der Waals surface area (Å²) in [5, 5.41) is 7.51. The van der Waals surface area contributed by atoms with Crippen molar-refractivity contribution >= 4 is 23.6 Å². The first-order valence-electron chi connectivity index (χ1n) is 7.18. The van der Waals surface area contributed by atoms with Crippen molar-refractivity contribution in [1.29, 1.82) is 0 Å². The largest absolute Gasteiger partial charge is 0.463 e. The molecule has 0 aromatic heterocycles. The summed E-state index contributed by atoms with van der Waals surface area (Å²) in [5.41, 5.74) is -2.47. The SMILES string of the molecule is CCOC(=O)C1(F)C(=O)NC(=O)NC1ON=C1CCCCC1. The number of carbonyl (C=O) groups is 3. The fourth-order valence-corrected chi connectivity index (χ4v) is 2.28. The van der Waals surface area contributed by atoms with Crippen molar-refractivity contribution in [3.63, 3.8) is 0 Å². The molecular weight excluding hydrogens is 297 g/mol. The highest BCUT2D eigenvalue weighted by Crippen LogP contribution is 2.24. The van der Waals surface area contributed by atoms with Crippen LogP contribution in [0.25, 0.3) is 0 Å². The van der Waals surface area contributed by atoms with Gasteiger partial charge in [-0.3, -0.25) is 15.4 Å². The summed E-state index contributed by atoms with van der Waals surface area (Å²) in [4.78, 5) is 39.8. The number of esters is 1. The predicted molar refractivity (Wildman–Crippen MR) is 72.5 cm³/mol. The van der Waals surface area contributed by atoms with Gasteiger partial charge in [0.15, 0.2) is 0 Å². The van der Waals surface area contributed by atoms with E-state index >= 15 is 0 Å². The van der Waals surface area contributed by atoms with Gasteiger partial charge >= 0.3 is 17.7 Å². The Hall–Kier alpha value is -2.19. The topological polar surface area (TPSA) is 106 Å². The highest BCUT2D eigenvalue weighted by molar-refractivity contribution is 6.14. The summed E-state index contributed by atoms with van der Waals surface area (Å²) >= 11 is 0. The molecule has 22 heavy (non-hydrogen) atoms. The lowest BCUT2D eigenvalue weighted by molar-refractivity contribution is -0.179. The Balaban J connectivity index is 2.17. The molecule has 122 valence electrons. The molecule has 8 nitrogen and oxygen atoms in total. The number of nitrogens with one attached hydrogen (secondary N) is 2. The van der Waals surface area contributed by atoms with Crippen LogP contribution in [0.3, 0.4) is 0 Å². The van der Waals surface area contributed by atoms with Crippen LogP contribution in [0.5, 0.6) is 0 Å². The molecule has 1 heterocycles. The maximum absolute atomic E-state index is 14.8. The van der Waals surface area contributed by atoms with Crippen molar-refractivity contribution in [3.05, 3.63) is 0 Å². The van der Waals surface area contributed by atoms with Crippen molar-refractivity contribution in [3.8, 4) is 0 Å². The number of alkyl halides is 1. The molecule has 2 unspecified atom stereocenters. The predicted octanol–water partition coefficient (Wildman–Crippen LogP) is 0.760. The molecule has 2 rings (SSSR count). The van der Waals surface area contributed by atoms with Crippen LogP contribution in [0.1, 0.15) is 39.0 Å². The average Bonchev–Trinajstić information content (AvgIpc) is 2.50. The molecule has 1 aliphatic heterocycles. The van der Waals surface area contributed by atoms with Crippen LogP contribution in [0, 0.1) is 0 Å². The maximum Gasteiger partial charge on any atom is 0.360 e. The molecular formula is C13H18FN3O5. The van der Waals surface area contributed by atoms with Gasteiger partial charge in [0.1, 0.15) is 0 Å². The zero-order valence-corrected chi connectivity index (χ0v) is 12.2. The number of ether oxygens (including phenoxy) is 1. The maximum atomic E-state index is 14.8. The first kappa shape index (κ1) is 16.2. The highest BCUT2D eigenvalue weighted by atomic mass is 19.1. The third kappa shape index (κ3) is 3.18. The monoisotopic (exact) mass is 315 g/mol. The molecule has 0 aromatic rings. The minimum absolute atomic E-state index is 0.118. The molecule has 3 amide bonds. The molecule has 2 aliphatic rings. The van der Waals surface area contributed by atoms with Gasteiger partial charge in [-0.2, -0.15) is 0 Å². The Bertz CT molecular complexity index is 502. The van der Waals surface area contributed by atoms with Crippen LogP contribution in [0.4, 0.5) is 9.18 Å². The number of halogens is 1. The van der Waals surface area contributed by atoms with Gasteiger partial charge in [0, 0.05) is 0 Å². The van der Waals surface area contributed by atoms with E-state index in [1.54, 1.807) is 5.32 Å². The number of amides is 3. The summed E-state index contributed by atoms with van der Waals surface area (Å²) in [7, 11) is 0. The number of hydrogen-bond acceptors (Lipinski definition) is 6. The third-order valence-electron chi connectivity index (χ3n) is 3.47. The van der Waals surface area contributed by atoms with Crippen LogP contribution in [-0.4, -0.2) is 42.1 Å². The molecule has 2 fully saturated rings. The highest BCUT2D eigenvalue weighted by Gasteiger charge is 2.61. The van der Waals surface area contributed by atoms with Crippen molar-refractivity contribution in [1.82, 2.24) is 10.6 Å². The molecule has 0 bridgehead atoms. The normalized spacial score (nSPS) is 28.5. The molecule has 1 aliphatic carbocycles. The fourth-order valence-electron chi connectivity index (χ4n) is 2.28. The zero-order valence-electron chi connectivity index (χ0n) is 12.2. The van der Waals surface area contributed by atoms with Gasteiger partial charge in [0.25, 0.3) is 12.1 Å².